The Kier molecular flexibility index (Phi) is 9.50. The zero-order valence-electron chi connectivity index (χ0n) is 16.1. The molecule has 148 valence electrons. The summed E-state index contributed by atoms with van der Waals surface area (Å²) in [5.41, 5.74) is 6.83. The molecule has 0 saturated carbocycles. The van der Waals surface area contributed by atoms with E-state index in [0.717, 1.165) is 11.1 Å². The average molecular weight is 374 g/mol. The number of aliphatic hydroxyl groups excluding tert-OH is 2. The van der Waals surface area contributed by atoms with Crippen molar-refractivity contribution in [2.75, 3.05) is 13.2 Å². The predicted octanol–water partition coefficient (Wildman–Crippen LogP) is 2.92. The van der Waals surface area contributed by atoms with Crippen molar-refractivity contribution in [3.05, 3.63) is 71.8 Å². The third-order valence-electron chi connectivity index (χ3n) is 3.50. The van der Waals surface area contributed by atoms with Gasteiger partial charge >= 0.3 is 6.09 Å². The van der Waals surface area contributed by atoms with Gasteiger partial charge in [0.25, 0.3) is 0 Å². The first-order valence-electron chi connectivity index (χ1n) is 8.83. The highest BCUT2D eigenvalue weighted by molar-refractivity contribution is 5.68. The minimum atomic E-state index is -0.541. The van der Waals surface area contributed by atoms with Gasteiger partial charge in [0.15, 0.2) is 0 Å². The van der Waals surface area contributed by atoms with Gasteiger partial charge in [-0.15, -0.1) is 0 Å². The molecule has 5 N–H and O–H groups in total. The Morgan fingerprint density at radius 1 is 0.963 bits per heavy atom. The summed E-state index contributed by atoms with van der Waals surface area (Å²) in [6.45, 7) is 5.22. The molecule has 0 aliphatic heterocycles. The quantitative estimate of drug-likeness (QED) is 0.644. The summed E-state index contributed by atoms with van der Waals surface area (Å²) >= 11 is 0. The lowest BCUT2D eigenvalue weighted by Gasteiger charge is -2.22. The van der Waals surface area contributed by atoms with Crippen molar-refractivity contribution in [2.24, 2.45) is 5.73 Å². The fraction of sp³-hybridized carbons (Fsp3) is 0.381. The van der Waals surface area contributed by atoms with Crippen LogP contribution in [0, 0.1) is 0 Å². The summed E-state index contributed by atoms with van der Waals surface area (Å²) in [6, 6.07) is 18.2. The molecule has 0 saturated heterocycles. The van der Waals surface area contributed by atoms with E-state index in [2.05, 4.69) is 5.32 Å². The van der Waals surface area contributed by atoms with Crippen molar-refractivity contribution in [2.45, 2.75) is 38.5 Å². The molecule has 0 heterocycles. The number of carbonyl (C=O) groups is 1. The normalized spacial score (nSPS) is 13.0. The summed E-state index contributed by atoms with van der Waals surface area (Å²) < 4.78 is 5.13. The van der Waals surface area contributed by atoms with Crippen LogP contribution < -0.4 is 11.1 Å². The summed E-state index contributed by atoms with van der Waals surface area (Å²) in [6.07, 6.45) is -0.527. The number of hydrogen-bond donors (Lipinski definition) is 4. The molecule has 0 spiro atoms. The number of hydrogen-bond acceptors (Lipinski definition) is 5. The van der Waals surface area contributed by atoms with Gasteiger partial charge in [-0.3, -0.25) is 0 Å². The van der Waals surface area contributed by atoms with Crippen LogP contribution in [0.4, 0.5) is 4.79 Å². The van der Waals surface area contributed by atoms with Crippen molar-refractivity contribution in [1.82, 2.24) is 5.32 Å². The maximum Gasteiger partial charge on any atom is 0.408 e. The van der Waals surface area contributed by atoms with Gasteiger partial charge in [0.1, 0.15) is 5.60 Å². The zero-order valence-corrected chi connectivity index (χ0v) is 16.1. The Morgan fingerprint density at radius 2 is 1.44 bits per heavy atom. The minimum Gasteiger partial charge on any atom is -0.444 e. The molecule has 0 radical (unpaired) electrons. The molecule has 0 aliphatic carbocycles. The Hall–Kier alpha value is -2.41. The maximum absolute atomic E-state index is 11.6. The van der Waals surface area contributed by atoms with Gasteiger partial charge in [0.05, 0.1) is 25.3 Å². The Morgan fingerprint density at radius 3 is 1.85 bits per heavy atom. The van der Waals surface area contributed by atoms with E-state index in [1.807, 2.05) is 60.7 Å². The van der Waals surface area contributed by atoms with Gasteiger partial charge in [0, 0.05) is 0 Å². The number of alkyl carbamates (subject to hydrolysis) is 1. The molecule has 0 bridgehead atoms. The third-order valence-corrected chi connectivity index (χ3v) is 3.50. The summed E-state index contributed by atoms with van der Waals surface area (Å²) in [5.74, 6) is 0. The fourth-order valence-electron chi connectivity index (χ4n) is 2.18. The van der Waals surface area contributed by atoms with Gasteiger partial charge in [-0.25, -0.2) is 4.79 Å². The molecule has 6 heteroatoms. The van der Waals surface area contributed by atoms with Crippen LogP contribution in [0.15, 0.2) is 60.7 Å². The van der Waals surface area contributed by atoms with Crippen LogP contribution in [-0.2, 0) is 4.74 Å². The molecule has 1 unspecified atom stereocenters. The zero-order chi connectivity index (χ0) is 20.3. The second-order valence-corrected chi connectivity index (χ2v) is 6.99. The molecule has 2 aromatic carbocycles. The lowest BCUT2D eigenvalue weighted by Crippen LogP contribution is -2.36. The van der Waals surface area contributed by atoms with Crippen LogP contribution in [-0.4, -0.2) is 35.1 Å². The van der Waals surface area contributed by atoms with Crippen molar-refractivity contribution < 1.29 is 19.7 Å². The van der Waals surface area contributed by atoms with E-state index >= 15 is 0 Å². The second kappa shape index (κ2) is 11.3. The van der Waals surface area contributed by atoms with Crippen molar-refractivity contribution in [1.29, 1.82) is 0 Å². The van der Waals surface area contributed by atoms with Crippen LogP contribution >= 0.6 is 0 Å². The van der Waals surface area contributed by atoms with E-state index in [-0.39, 0.29) is 19.3 Å². The molecule has 0 aliphatic rings. The monoisotopic (exact) mass is 374 g/mol. The lowest BCUT2D eigenvalue weighted by atomic mass is 10.1. The Bertz CT molecular complexity index is 657. The van der Waals surface area contributed by atoms with Gasteiger partial charge in [-0.05, 0) is 31.9 Å². The third kappa shape index (κ3) is 9.19. The van der Waals surface area contributed by atoms with E-state index in [0.29, 0.717) is 0 Å². The van der Waals surface area contributed by atoms with Gasteiger partial charge < -0.3 is 26.0 Å². The van der Waals surface area contributed by atoms with Crippen molar-refractivity contribution in [3.8, 4) is 0 Å². The number of benzene rings is 2. The Balaban J connectivity index is 0.000000309. The van der Waals surface area contributed by atoms with Crippen LogP contribution in [0.5, 0.6) is 0 Å². The minimum absolute atomic E-state index is 0.00398. The molecule has 2 aromatic rings. The van der Waals surface area contributed by atoms with E-state index in [9.17, 15) is 9.90 Å². The average Bonchev–Trinajstić information content (AvgIpc) is 2.66. The summed E-state index contributed by atoms with van der Waals surface area (Å²) in [4.78, 5) is 11.6. The highest BCUT2D eigenvalue weighted by Gasteiger charge is 2.19. The molecule has 2 rings (SSSR count). The molecule has 6 nitrogen and oxygen atoms in total. The second-order valence-electron chi connectivity index (χ2n) is 6.99. The molecule has 0 fully saturated rings. The topological polar surface area (TPSA) is 105 Å². The predicted molar refractivity (Wildman–Crippen MR) is 106 cm³/mol. The molecule has 2 atom stereocenters. The number of nitrogens with one attached hydrogen (secondary N) is 1. The van der Waals surface area contributed by atoms with E-state index in [1.165, 1.54) is 0 Å². The number of amides is 1. The van der Waals surface area contributed by atoms with E-state index in [1.54, 1.807) is 20.8 Å². The van der Waals surface area contributed by atoms with Gasteiger partial charge in [-0.2, -0.15) is 0 Å². The first-order valence-corrected chi connectivity index (χ1v) is 8.83. The largest absolute Gasteiger partial charge is 0.444 e. The number of nitrogens with two attached hydrogens (primary N) is 1. The molecular weight excluding hydrogens is 344 g/mol. The van der Waals surface area contributed by atoms with E-state index in [4.69, 9.17) is 15.6 Å². The van der Waals surface area contributed by atoms with Crippen molar-refractivity contribution in [3.63, 3.8) is 0 Å². The molecule has 0 aromatic heterocycles. The first kappa shape index (κ1) is 22.6. The van der Waals surface area contributed by atoms with Gasteiger partial charge in [0.2, 0.25) is 0 Å². The lowest BCUT2D eigenvalue weighted by molar-refractivity contribution is 0.0482. The molecule has 27 heavy (non-hydrogen) atoms. The number of carbonyl (C=O) groups excluding carboxylic acids is 1. The molecule has 1 amide bonds. The van der Waals surface area contributed by atoms with Crippen LogP contribution in [0.1, 0.15) is 44.0 Å². The number of ether oxygens (including phenoxy) is 1. The first-order chi connectivity index (χ1) is 12.8. The highest BCUT2D eigenvalue weighted by atomic mass is 16.6. The van der Waals surface area contributed by atoms with Crippen LogP contribution in [0.25, 0.3) is 0 Å². The van der Waals surface area contributed by atoms with Crippen LogP contribution in [0.2, 0.25) is 0 Å². The SMILES string of the molecule is CC(C)(C)OC(=O)N[C@H](CO)c1ccccc1.NC(CO)c1ccccc1. The number of aliphatic hydroxyl groups is 2. The smallest absolute Gasteiger partial charge is 0.408 e. The van der Waals surface area contributed by atoms with Crippen LogP contribution in [0.3, 0.4) is 0 Å². The standard InChI is InChI=1S/C13H19NO3.C8H11NO/c1-13(2,3)17-12(16)14-11(9-15)10-7-5-4-6-8-10;9-8(6-10)7-4-2-1-3-5-7/h4-8,11,15H,9H2,1-3H3,(H,14,16);1-5,8,10H,6,9H2/t11-;/m1./s1. The maximum atomic E-state index is 11.6. The Labute approximate surface area is 161 Å². The van der Waals surface area contributed by atoms with Gasteiger partial charge in [-0.1, -0.05) is 60.7 Å². The van der Waals surface area contributed by atoms with E-state index < -0.39 is 17.7 Å². The van der Waals surface area contributed by atoms with Crippen molar-refractivity contribution >= 4 is 6.09 Å². The molecular formula is C21H30N2O4. The summed E-state index contributed by atoms with van der Waals surface area (Å²) in [7, 11) is 0. The fourth-order valence-corrected chi connectivity index (χ4v) is 2.18. The number of rotatable bonds is 5. The summed E-state index contributed by atoms with van der Waals surface area (Å²) in [5, 5.41) is 20.5. The highest BCUT2D eigenvalue weighted by Crippen LogP contribution is 2.13.